The van der Waals surface area contributed by atoms with Gasteiger partial charge in [-0.3, -0.25) is 19.7 Å². The van der Waals surface area contributed by atoms with Crippen LogP contribution in [0, 0.1) is 10.1 Å². The highest BCUT2D eigenvalue weighted by Gasteiger charge is 2.09. The fraction of sp³-hybridized carbons (Fsp3) is 0.211. The Bertz CT molecular complexity index is 850. The van der Waals surface area contributed by atoms with E-state index in [4.69, 9.17) is 0 Å². The van der Waals surface area contributed by atoms with E-state index in [2.05, 4.69) is 15.8 Å². The van der Waals surface area contributed by atoms with Crippen LogP contribution in [-0.4, -0.2) is 22.4 Å². The number of rotatable bonds is 8. The zero-order valence-electron chi connectivity index (χ0n) is 14.8. The van der Waals surface area contributed by atoms with E-state index >= 15 is 0 Å². The van der Waals surface area contributed by atoms with E-state index in [1.165, 1.54) is 18.2 Å². The molecule has 0 aliphatic heterocycles. The lowest BCUT2D eigenvalue weighted by atomic mass is 10.1. The Morgan fingerprint density at radius 1 is 1.07 bits per heavy atom. The molecule has 0 bridgehead atoms. The van der Waals surface area contributed by atoms with Gasteiger partial charge in [0, 0.05) is 30.0 Å². The van der Waals surface area contributed by atoms with Crippen LogP contribution in [-0.2, 0) is 16.0 Å². The second kappa shape index (κ2) is 9.81. The van der Waals surface area contributed by atoms with Gasteiger partial charge in [-0.05, 0) is 25.0 Å². The van der Waals surface area contributed by atoms with Gasteiger partial charge in [0.05, 0.1) is 11.3 Å². The van der Waals surface area contributed by atoms with E-state index in [1.807, 2.05) is 30.3 Å². The summed E-state index contributed by atoms with van der Waals surface area (Å²) < 4.78 is 0. The van der Waals surface area contributed by atoms with Crippen molar-refractivity contribution >= 4 is 28.9 Å². The third-order valence-electron chi connectivity index (χ3n) is 3.61. The quantitative estimate of drug-likeness (QED) is 0.423. The first-order valence-corrected chi connectivity index (χ1v) is 8.34. The summed E-state index contributed by atoms with van der Waals surface area (Å²) in [6.07, 6.45) is 0.858. The zero-order valence-corrected chi connectivity index (χ0v) is 14.8. The molecule has 0 atom stereocenters. The first kappa shape index (κ1) is 19.8. The van der Waals surface area contributed by atoms with Gasteiger partial charge < -0.3 is 5.32 Å². The standard InChI is InChI=1S/C19H20N4O4/c1-14(21-22-18(24)11-10-15-6-3-2-4-7-15)12-19(25)20-16-8-5-9-17(13-16)23(26)27/h2-9,13H,10-12H2,1H3,(H,20,25)(H,22,24). The molecule has 8 nitrogen and oxygen atoms in total. The average Bonchev–Trinajstić information content (AvgIpc) is 2.65. The van der Waals surface area contributed by atoms with Crippen LogP contribution in [0.3, 0.4) is 0 Å². The topological polar surface area (TPSA) is 114 Å². The molecule has 0 saturated carbocycles. The van der Waals surface area contributed by atoms with Gasteiger partial charge in [0.15, 0.2) is 0 Å². The summed E-state index contributed by atoms with van der Waals surface area (Å²) in [6, 6.07) is 15.3. The summed E-state index contributed by atoms with van der Waals surface area (Å²) in [5, 5.41) is 17.2. The van der Waals surface area contributed by atoms with Crippen LogP contribution in [0.25, 0.3) is 0 Å². The van der Waals surface area contributed by atoms with Crippen LogP contribution in [0.4, 0.5) is 11.4 Å². The Morgan fingerprint density at radius 2 is 1.81 bits per heavy atom. The number of benzene rings is 2. The largest absolute Gasteiger partial charge is 0.326 e. The number of nitrogens with one attached hydrogen (secondary N) is 2. The van der Waals surface area contributed by atoms with Gasteiger partial charge in [-0.15, -0.1) is 0 Å². The zero-order chi connectivity index (χ0) is 19.6. The Hall–Kier alpha value is -3.55. The summed E-state index contributed by atoms with van der Waals surface area (Å²) in [5.74, 6) is -0.618. The molecule has 2 N–H and O–H groups in total. The summed E-state index contributed by atoms with van der Waals surface area (Å²) in [4.78, 5) is 34.0. The van der Waals surface area contributed by atoms with Crippen molar-refractivity contribution in [2.75, 3.05) is 5.32 Å². The van der Waals surface area contributed by atoms with Crippen molar-refractivity contribution < 1.29 is 14.5 Å². The monoisotopic (exact) mass is 368 g/mol. The lowest BCUT2D eigenvalue weighted by molar-refractivity contribution is -0.384. The minimum Gasteiger partial charge on any atom is -0.326 e. The summed E-state index contributed by atoms with van der Waals surface area (Å²) in [6.45, 7) is 1.62. The van der Waals surface area contributed by atoms with Crippen molar-refractivity contribution in [1.29, 1.82) is 0 Å². The molecule has 2 aromatic carbocycles. The minimum atomic E-state index is -0.534. The number of hydrogen-bond acceptors (Lipinski definition) is 5. The number of hydrogen-bond donors (Lipinski definition) is 2. The third kappa shape index (κ3) is 7.07. The molecule has 0 saturated heterocycles. The molecule has 27 heavy (non-hydrogen) atoms. The smallest absolute Gasteiger partial charge is 0.271 e. The third-order valence-corrected chi connectivity index (χ3v) is 3.61. The van der Waals surface area contributed by atoms with Crippen molar-refractivity contribution in [1.82, 2.24) is 5.43 Å². The van der Waals surface area contributed by atoms with Gasteiger partial charge in [-0.2, -0.15) is 5.10 Å². The Kier molecular flexibility index (Phi) is 7.18. The normalized spacial score (nSPS) is 10.9. The second-order valence-corrected chi connectivity index (χ2v) is 5.90. The van der Waals surface area contributed by atoms with Gasteiger partial charge >= 0.3 is 0 Å². The van der Waals surface area contributed by atoms with Gasteiger partial charge in [-0.1, -0.05) is 36.4 Å². The molecule has 140 valence electrons. The number of carbonyl (C=O) groups is 2. The highest BCUT2D eigenvalue weighted by Crippen LogP contribution is 2.17. The van der Waals surface area contributed by atoms with Gasteiger partial charge in [-0.25, -0.2) is 5.43 Å². The van der Waals surface area contributed by atoms with Crippen molar-refractivity contribution in [3.63, 3.8) is 0 Å². The van der Waals surface area contributed by atoms with Crippen molar-refractivity contribution in [3.05, 3.63) is 70.3 Å². The number of non-ortho nitro benzene ring substituents is 1. The number of carbonyl (C=O) groups excluding carboxylic acids is 2. The maximum Gasteiger partial charge on any atom is 0.271 e. The van der Waals surface area contributed by atoms with Crippen LogP contribution in [0.15, 0.2) is 59.7 Å². The van der Waals surface area contributed by atoms with E-state index in [-0.39, 0.29) is 23.9 Å². The van der Waals surface area contributed by atoms with Crippen LogP contribution >= 0.6 is 0 Å². The molecule has 2 rings (SSSR count). The highest BCUT2D eigenvalue weighted by molar-refractivity contribution is 6.05. The average molecular weight is 368 g/mol. The van der Waals surface area contributed by atoms with Crippen molar-refractivity contribution in [2.24, 2.45) is 5.10 Å². The molecular formula is C19H20N4O4. The van der Waals surface area contributed by atoms with Gasteiger partial charge in [0.2, 0.25) is 11.8 Å². The molecule has 2 amide bonds. The second-order valence-electron chi connectivity index (χ2n) is 5.90. The highest BCUT2D eigenvalue weighted by atomic mass is 16.6. The Balaban J connectivity index is 1.78. The lowest BCUT2D eigenvalue weighted by Gasteiger charge is -2.06. The van der Waals surface area contributed by atoms with E-state index in [0.717, 1.165) is 5.56 Å². The van der Waals surface area contributed by atoms with E-state index in [9.17, 15) is 19.7 Å². The van der Waals surface area contributed by atoms with Crippen LogP contribution < -0.4 is 10.7 Å². The van der Waals surface area contributed by atoms with Crippen LogP contribution in [0.5, 0.6) is 0 Å². The molecule has 0 radical (unpaired) electrons. The molecule has 0 unspecified atom stereocenters. The number of amides is 2. The Morgan fingerprint density at radius 3 is 2.52 bits per heavy atom. The number of hydrazone groups is 1. The summed E-state index contributed by atoms with van der Waals surface area (Å²) in [5.41, 5.74) is 4.13. The fourth-order valence-electron chi connectivity index (χ4n) is 2.29. The van der Waals surface area contributed by atoms with Crippen molar-refractivity contribution in [2.45, 2.75) is 26.2 Å². The van der Waals surface area contributed by atoms with E-state index in [1.54, 1.807) is 13.0 Å². The van der Waals surface area contributed by atoms with Crippen LogP contribution in [0.1, 0.15) is 25.3 Å². The van der Waals surface area contributed by atoms with Crippen LogP contribution in [0.2, 0.25) is 0 Å². The number of nitro groups is 1. The predicted octanol–water partition coefficient (Wildman–Crippen LogP) is 3.05. The van der Waals surface area contributed by atoms with E-state index in [0.29, 0.717) is 24.2 Å². The molecule has 0 spiro atoms. The number of anilines is 1. The Labute approximate surface area is 156 Å². The number of nitro benzene ring substituents is 1. The molecule has 8 heteroatoms. The molecular weight excluding hydrogens is 348 g/mol. The molecule has 0 aliphatic rings. The summed E-state index contributed by atoms with van der Waals surface area (Å²) in [7, 11) is 0. The molecule has 0 heterocycles. The molecule has 0 aromatic heterocycles. The van der Waals surface area contributed by atoms with Gasteiger partial charge in [0.25, 0.3) is 5.69 Å². The number of nitrogens with zero attached hydrogens (tertiary/aromatic N) is 2. The number of aryl methyl sites for hydroxylation is 1. The maximum absolute atomic E-state index is 12.0. The first-order valence-electron chi connectivity index (χ1n) is 8.34. The lowest BCUT2D eigenvalue weighted by Crippen LogP contribution is -2.21. The summed E-state index contributed by atoms with van der Waals surface area (Å²) >= 11 is 0. The molecule has 0 aliphatic carbocycles. The van der Waals surface area contributed by atoms with Gasteiger partial charge in [0.1, 0.15) is 0 Å². The van der Waals surface area contributed by atoms with Crippen molar-refractivity contribution in [3.8, 4) is 0 Å². The van der Waals surface area contributed by atoms with E-state index < -0.39 is 4.92 Å². The molecule has 0 fully saturated rings. The first-order chi connectivity index (χ1) is 12.9. The minimum absolute atomic E-state index is 0.0400. The fourth-order valence-corrected chi connectivity index (χ4v) is 2.29. The molecule has 2 aromatic rings. The SMILES string of the molecule is CC(CC(=O)Nc1cccc([N+](=O)[O-])c1)=NNC(=O)CCc1ccccc1. The maximum atomic E-state index is 12.0. The predicted molar refractivity (Wildman–Crippen MR) is 102 cm³/mol.